The number of nitrogens with two attached hydrogens (primary N) is 6. The van der Waals surface area contributed by atoms with E-state index in [4.69, 9.17) is 34.4 Å². The van der Waals surface area contributed by atoms with Crippen molar-refractivity contribution in [1.29, 1.82) is 0 Å². The van der Waals surface area contributed by atoms with Crippen molar-refractivity contribution in [2.75, 3.05) is 19.6 Å². The van der Waals surface area contributed by atoms with Gasteiger partial charge in [0.2, 0.25) is 59.1 Å². The van der Waals surface area contributed by atoms with Gasteiger partial charge in [0.15, 0.2) is 11.9 Å². The van der Waals surface area contributed by atoms with Crippen LogP contribution in [0.5, 0.6) is 0 Å². The fraction of sp³-hybridized carbons (Fsp3) is 0.587. The lowest BCUT2D eigenvalue weighted by Crippen LogP contribution is -2.60. The number of nitrogens with one attached hydrogen (secondary N) is 7. The number of carboxylic acids is 1. The van der Waals surface area contributed by atoms with Crippen molar-refractivity contribution < 1.29 is 57.8 Å². The minimum Gasteiger partial charge on any atom is -0.481 e. The quantitative estimate of drug-likeness (QED) is 0.0188. The van der Waals surface area contributed by atoms with Gasteiger partial charge in [-0.1, -0.05) is 44.2 Å². The molecule has 3 rings (SSSR count). The zero-order valence-corrected chi connectivity index (χ0v) is 41.6. The molecule has 28 heteroatoms. The van der Waals surface area contributed by atoms with Gasteiger partial charge in [0.1, 0.15) is 48.3 Å². The first kappa shape index (κ1) is 60.2. The summed E-state index contributed by atoms with van der Waals surface area (Å²) in [7, 11) is 0. The van der Waals surface area contributed by atoms with Crippen LogP contribution in [0.4, 0.5) is 0 Å². The molecule has 0 saturated carbocycles. The molecule has 2 heterocycles. The number of guanidine groups is 2. The van der Waals surface area contributed by atoms with E-state index in [1.807, 2.05) is 0 Å². The largest absolute Gasteiger partial charge is 0.481 e. The van der Waals surface area contributed by atoms with Gasteiger partial charge in [-0.2, -0.15) is 0 Å². The Hall–Kier alpha value is -8.07. The third-order valence-electron chi connectivity index (χ3n) is 11.9. The summed E-state index contributed by atoms with van der Waals surface area (Å²) in [5, 5.41) is 27.4. The Morgan fingerprint density at radius 1 is 0.676 bits per heavy atom. The van der Waals surface area contributed by atoms with Crippen LogP contribution in [0.25, 0.3) is 0 Å². The van der Waals surface area contributed by atoms with Gasteiger partial charge in [0, 0.05) is 38.9 Å². The highest BCUT2D eigenvalue weighted by atomic mass is 16.4. The first-order valence-electron chi connectivity index (χ1n) is 24.3. The van der Waals surface area contributed by atoms with Gasteiger partial charge in [-0.25, -0.2) is 0 Å². The molecule has 20 N–H and O–H groups in total. The molecule has 8 atom stereocenters. The van der Waals surface area contributed by atoms with Gasteiger partial charge in [-0.3, -0.25) is 62.7 Å². The third kappa shape index (κ3) is 21.0. The van der Waals surface area contributed by atoms with E-state index in [0.717, 1.165) is 0 Å². The van der Waals surface area contributed by atoms with Crippen LogP contribution in [-0.2, 0) is 59.2 Å². The molecule has 2 fully saturated rings. The van der Waals surface area contributed by atoms with Crippen LogP contribution in [0.15, 0.2) is 40.3 Å². The Bertz CT molecular complexity index is 2240. The highest BCUT2D eigenvalue weighted by Gasteiger charge is 2.40. The Labute approximate surface area is 427 Å². The van der Waals surface area contributed by atoms with Gasteiger partial charge in [-0.05, 0) is 69.3 Å². The van der Waals surface area contributed by atoms with Crippen LogP contribution < -0.4 is 71.6 Å². The standard InChI is InChI=1S/C46H72N16O12/c1-24(2)21-31(60-40(70)28(15-17-36(65)66)56-39(69)27-14-16-35(64)55-27)41(71)61-32(22-25-9-4-3-5-10-25)42(72)58-29(12-7-19-54-46(51)52)44(74)62-20-8-13-33(62)43(73)57-26(11-6-18-53-45(49)50)38(68)59-30(37(48)67)23-34(47)63/h3-5,9-10,24,26-33H,6-8,11-23H2,1-2H3,(H2,47,63)(H2,48,67)(H,55,64)(H,56,69)(H,57,73)(H,58,72)(H,59,68)(H,60,70)(H,61,71)(H,65,66)(H4,49,50,53)(H4,51,52,54)/t26-,27-,28-,29-,30-,31-,32-,33-/m0/s1. The molecule has 1 aromatic rings. The van der Waals surface area contributed by atoms with E-state index >= 15 is 0 Å². The molecule has 74 heavy (non-hydrogen) atoms. The second-order valence-corrected chi connectivity index (χ2v) is 18.4. The molecule has 1 aromatic carbocycles. The van der Waals surface area contributed by atoms with Crippen LogP contribution in [0.1, 0.15) is 96.5 Å². The average Bonchev–Trinajstić information content (AvgIpc) is 4.01. The van der Waals surface area contributed by atoms with Crippen molar-refractivity contribution in [3.8, 4) is 0 Å². The summed E-state index contributed by atoms with van der Waals surface area (Å²) in [6, 6.07) is -1.91. The van der Waals surface area contributed by atoms with Gasteiger partial charge < -0.3 is 81.6 Å². The number of hydrogen-bond donors (Lipinski definition) is 14. The molecular formula is C46H72N16O12. The lowest BCUT2D eigenvalue weighted by Gasteiger charge is -2.31. The van der Waals surface area contributed by atoms with Crippen molar-refractivity contribution in [2.24, 2.45) is 50.3 Å². The van der Waals surface area contributed by atoms with Crippen molar-refractivity contribution >= 4 is 77.0 Å². The summed E-state index contributed by atoms with van der Waals surface area (Å²) in [6.07, 6.45) is -0.721. The van der Waals surface area contributed by atoms with Crippen LogP contribution in [0.2, 0.25) is 0 Å². The number of likely N-dealkylation sites (tertiary alicyclic amines) is 1. The number of carboxylic acid groups (broad SMARTS) is 1. The van der Waals surface area contributed by atoms with Crippen LogP contribution in [0, 0.1) is 5.92 Å². The molecule has 2 aliphatic rings. The molecular weight excluding hydrogens is 969 g/mol. The smallest absolute Gasteiger partial charge is 0.303 e. The second-order valence-electron chi connectivity index (χ2n) is 18.4. The Morgan fingerprint density at radius 2 is 1.20 bits per heavy atom. The molecule has 2 saturated heterocycles. The van der Waals surface area contributed by atoms with E-state index in [9.17, 15) is 57.8 Å². The molecule has 408 valence electrons. The lowest BCUT2D eigenvalue weighted by molar-refractivity contribution is -0.142. The zero-order chi connectivity index (χ0) is 55.1. The number of benzene rings is 1. The summed E-state index contributed by atoms with van der Waals surface area (Å²) in [5.41, 5.74) is 33.2. The summed E-state index contributed by atoms with van der Waals surface area (Å²) in [5.74, 6) is -9.91. The summed E-state index contributed by atoms with van der Waals surface area (Å²) < 4.78 is 0. The molecule has 0 bridgehead atoms. The first-order valence-corrected chi connectivity index (χ1v) is 24.3. The number of amides is 10. The molecule has 0 unspecified atom stereocenters. The predicted octanol–water partition coefficient (Wildman–Crippen LogP) is -5.21. The monoisotopic (exact) mass is 1040 g/mol. The molecule has 0 aromatic heterocycles. The summed E-state index contributed by atoms with van der Waals surface area (Å²) in [4.78, 5) is 154. The Morgan fingerprint density at radius 3 is 1.74 bits per heavy atom. The number of aliphatic carboxylic acids is 1. The van der Waals surface area contributed by atoms with Crippen LogP contribution in [-0.4, -0.2) is 155 Å². The van der Waals surface area contributed by atoms with Crippen molar-refractivity contribution in [2.45, 2.75) is 146 Å². The van der Waals surface area contributed by atoms with E-state index in [2.05, 4.69) is 47.2 Å². The highest BCUT2D eigenvalue weighted by Crippen LogP contribution is 2.21. The summed E-state index contributed by atoms with van der Waals surface area (Å²) in [6.45, 7) is 3.68. The van der Waals surface area contributed by atoms with Gasteiger partial charge in [-0.15, -0.1) is 0 Å². The minimum atomic E-state index is -1.50. The predicted molar refractivity (Wildman–Crippen MR) is 267 cm³/mol. The second kappa shape index (κ2) is 30.1. The van der Waals surface area contributed by atoms with Crippen LogP contribution in [0.3, 0.4) is 0 Å². The molecule has 28 nitrogen and oxygen atoms in total. The van der Waals surface area contributed by atoms with Gasteiger partial charge >= 0.3 is 5.97 Å². The zero-order valence-electron chi connectivity index (χ0n) is 41.6. The number of carbonyl (C=O) groups excluding carboxylic acids is 10. The Balaban J connectivity index is 1.94. The fourth-order valence-corrected chi connectivity index (χ4v) is 8.20. The van der Waals surface area contributed by atoms with Crippen molar-refractivity contribution in [3.05, 3.63) is 35.9 Å². The molecule has 0 aliphatic carbocycles. The van der Waals surface area contributed by atoms with Crippen molar-refractivity contribution in [1.82, 2.24) is 42.1 Å². The number of nitrogens with zero attached hydrogens (tertiary/aromatic N) is 3. The highest BCUT2D eigenvalue weighted by molar-refractivity contribution is 5.99. The van der Waals surface area contributed by atoms with E-state index in [-0.39, 0.29) is 108 Å². The average molecular weight is 1040 g/mol. The topological polar surface area (TPSA) is 476 Å². The summed E-state index contributed by atoms with van der Waals surface area (Å²) >= 11 is 0. The molecule has 0 radical (unpaired) electrons. The number of carbonyl (C=O) groups is 11. The third-order valence-corrected chi connectivity index (χ3v) is 11.9. The van der Waals surface area contributed by atoms with Crippen LogP contribution >= 0.6 is 0 Å². The molecule has 10 amide bonds. The van der Waals surface area contributed by atoms with E-state index in [1.165, 1.54) is 4.90 Å². The SMILES string of the molecule is CC(C)C[C@H](NC(=O)[C@H](CCC(=O)O)NC(=O)[C@@H]1CCC(=O)N1)C(=O)N[C@@H](Cc1ccccc1)C(=O)N[C@@H](CCCN=C(N)N)C(=O)N1CCC[C@H]1C(=O)N[C@@H](CCCN=C(N)N)C(=O)N[C@@H](CC(N)=O)C(N)=O. The normalized spacial score (nSPS) is 17.4. The van der Waals surface area contributed by atoms with Crippen molar-refractivity contribution in [3.63, 3.8) is 0 Å². The number of hydrogen-bond acceptors (Lipinski definition) is 13. The minimum absolute atomic E-state index is 0.0255. The molecule has 2 aliphatic heterocycles. The maximum atomic E-state index is 14.6. The van der Waals surface area contributed by atoms with E-state index in [1.54, 1.807) is 44.2 Å². The number of primary amides is 2. The first-order chi connectivity index (χ1) is 34.9. The van der Waals surface area contributed by atoms with E-state index in [0.29, 0.717) is 12.0 Å². The maximum Gasteiger partial charge on any atom is 0.303 e. The fourth-order valence-electron chi connectivity index (χ4n) is 8.20. The maximum absolute atomic E-state index is 14.6. The lowest BCUT2D eigenvalue weighted by atomic mass is 10.00. The number of aliphatic imine (C=N–C) groups is 2. The van der Waals surface area contributed by atoms with E-state index < -0.39 is 120 Å². The molecule has 0 spiro atoms. The Kier molecular flexibility index (Phi) is 24.5. The number of rotatable bonds is 31. The van der Waals surface area contributed by atoms with Gasteiger partial charge in [0.25, 0.3) is 0 Å². The van der Waals surface area contributed by atoms with Gasteiger partial charge in [0.05, 0.1) is 6.42 Å².